The lowest BCUT2D eigenvalue weighted by atomic mass is 10.0. The van der Waals surface area contributed by atoms with Gasteiger partial charge < -0.3 is 14.2 Å². The topological polar surface area (TPSA) is 78.9 Å². The molecule has 6 nitrogen and oxygen atoms in total. The molecule has 6 heteroatoms. The molecule has 1 atom stereocenters. The van der Waals surface area contributed by atoms with Gasteiger partial charge in [0, 0.05) is 19.3 Å². The molecule has 0 aliphatic rings. The quantitative estimate of drug-likeness (QED) is 0.0261. The first-order valence-electron chi connectivity index (χ1n) is 31.8. The lowest BCUT2D eigenvalue weighted by Gasteiger charge is -2.18. The molecule has 0 aromatic heterocycles. The zero-order valence-electron chi connectivity index (χ0n) is 48.0. The first kappa shape index (κ1) is 68.9. The first-order chi connectivity index (χ1) is 35.0. The van der Waals surface area contributed by atoms with Crippen LogP contribution >= 0.6 is 0 Å². The Morgan fingerprint density at radius 1 is 0.268 bits per heavy atom. The molecule has 0 aromatic carbocycles. The van der Waals surface area contributed by atoms with Crippen LogP contribution in [0.5, 0.6) is 0 Å². The Morgan fingerprint density at radius 2 is 0.465 bits per heavy atom. The van der Waals surface area contributed by atoms with E-state index >= 15 is 0 Å². The Kier molecular flexibility index (Phi) is 58.6. The maximum absolute atomic E-state index is 12.9. The van der Waals surface area contributed by atoms with Gasteiger partial charge >= 0.3 is 17.9 Å². The maximum Gasteiger partial charge on any atom is 0.306 e. The molecule has 418 valence electrons. The molecule has 0 N–H and O–H groups in total. The summed E-state index contributed by atoms with van der Waals surface area (Å²) in [4.78, 5) is 38.3. The van der Waals surface area contributed by atoms with Gasteiger partial charge in [0.25, 0.3) is 0 Å². The van der Waals surface area contributed by atoms with E-state index in [0.29, 0.717) is 19.3 Å². The average Bonchev–Trinajstić information content (AvgIpc) is 3.37. The van der Waals surface area contributed by atoms with Crippen LogP contribution in [0.3, 0.4) is 0 Å². The van der Waals surface area contributed by atoms with Crippen molar-refractivity contribution in [2.75, 3.05) is 13.2 Å². The minimum atomic E-state index is -0.771. The van der Waals surface area contributed by atoms with Crippen LogP contribution in [-0.2, 0) is 28.6 Å². The van der Waals surface area contributed by atoms with Gasteiger partial charge in [0.15, 0.2) is 6.10 Å². The SMILES string of the molecule is CCCCCC/C=C/CCCCCCCCCC(=O)OC[C@H](COC(=O)CCCCCCCCCCC/C=C/CCCCCCCC)OC(=O)CCCCCCCCCCCCCCCCCCCCC. The Labute approximate surface area is 443 Å². The second-order valence-corrected chi connectivity index (χ2v) is 21.7. The number of unbranched alkanes of at least 4 members (excludes halogenated alkanes) is 44. The van der Waals surface area contributed by atoms with Gasteiger partial charge in [0.05, 0.1) is 0 Å². The molecule has 0 fully saturated rings. The summed E-state index contributed by atoms with van der Waals surface area (Å²) in [5, 5.41) is 0. The second-order valence-electron chi connectivity index (χ2n) is 21.7. The third-order valence-electron chi connectivity index (χ3n) is 14.4. The van der Waals surface area contributed by atoms with Crippen LogP contribution in [-0.4, -0.2) is 37.2 Å². The molecule has 0 radical (unpaired) electrons. The van der Waals surface area contributed by atoms with Gasteiger partial charge in [-0.15, -0.1) is 0 Å². The van der Waals surface area contributed by atoms with Gasteiger partial charge in [0.2, 0.25) is 0 Å². The number of ether oxygens (including phenoxy) is 3. The monoisotopic (exact) mass is 999 g/mol. The van der Waals surface area contributed by atoms with E-state index in [1.807, 2.05) is 0 Å². The molecule has 0 amide bonds. The van der Waals surface area contributed by atoms with E-state index in [0.717, 1.165) is 57.8 Å². The standard InChI is InChI=1S/C65H122O6/c1-4-7-10-13-16-19-22-25-28-30-32-34-37-40-43-46-49-52-55-58-64(67)70-61-62(60-69-63(66)57-54-51-48-45-42-39-36-27-24-21-18-15-12-9-6-3)71-65(68)59-56-53-50-47-44-41-38-35-33-31-29-26-23-20-17-14-11-8-5-2/h21,24-25,28,62H,4-20,22-23,26-27,29-61H2,1-3H3/b24-21+,28-25+/t62-/m1/s1. The van der Waals surface area contributed by atoms with Crippen LogP contribution in [0, 0.1) is 0 Å². The number of rotatable bonds is 59. The normalized spacial score (nSPS) is 12.1. The van der Waals surface area contributed by atoms with Crippen LogP contribution in [0.25, 0.3) is 0 Å². The van der Waals surface area contributed by atoms with E-state index in [-0.39, 0.29) is 31.1 Å². The lowest BCUT2D eigenvalue weighted by Crippen LogP contribution is -2.30. The van der Waals surface area contributed by atoms with Gasteiger partial charge in [-0.3, -0.25) is 14.4 Å². The lowest BCUT2D eigenvalue weighted by molar-refractivity contribution is -0.167. The summed E-state index contributed by atoms with van der Waals surface area (Å²) in [5.41, 5.74) is 0. The number of esters is 3. The molecule has 0 spiro atoms. The van der Waals surface area contributed by atoms with Crippen molar-refractivity contribution in [3.05, 3.63) is 24.3 Å². The third-order valence-corrected chi connectivity index (χ3v) is 14.4. The molecule has 71 heavy (non-hydrogen) atoms. The van der Waals surface area contributed by atoms with Crippen molar-refractivity contribution in [3.8, 4) is 0 Å². The van der Waals surface area contributed by atoms with Gasteiger partial charge in [-0.25, -0.2) is 0 Å². The molecule has 0 rings (SSSR count). The molecule has 0 aliphatic carbocycles. The van der Waals surface area contributed by atoms with E-state index in [1.54, 1.807) is 0 Å². The molecule has 0 saturated heterocycles. The van der Waals surface area contributed by atoms with Crippen LogP contribution < -0.4 is 0 Å². The number of carbonyl (C=O) groups excluding carboxylic acids is 3. The predicted molar refractivity (Wildman–Crippen MR) is 307 cm³/mol. The zero-order valence-corrected chi connectivity index (χ0v) is 48.0. The summed E-state index contributed by atoms with van der Waals surface area (Å²) < 4.78 is 16.9. The minimum absolute atomic E-state index is 0.0687. The third kappa shape index (κ3) is 58.7. The fourth-order valence-corrected chi connectivity index (χ4v) is 9.61. The fourth-order valence-electron chi connectivity index (χ4n) is 9.61. The number of carbonyl (C=O) groups is 3. The highest BCUT2D eigenvalue weighted by molar-refractivity contribution is 5.71. The van der Waals surface area contributed by atoms with E-state index in [1.165, 1.54) is 257 Å². The summed E-state index contributed by atoms with van der Waals surface area (Å²) in [7, 11) is 0. The van der Waals surface area contributed by atoms with Gasteiger partial charge in [-0.05, 0) is 70.6 Å². The van der Waals surface area contributed by atoms with Crippen molar-refractivity contribution < 1.29 is 28.6 Å². The van der Waals surface area contributed by atoms with E-state index in [9.17, 15) is 14.4 Å². The molecule has 0 aromatic rings. The highest BCUT2D eigenvalue weighted by Crippen LogP contribution is 2.17. The molecule has 0 unspecified atom stereocenters. The van der Waals surface area contributed by atoms with Crippen molar-refractivity contribution in [1.29, 1.82) is 0 Å². The van der Waals surface area contributed by atoms with Crippen molar-refractivity contribution in [1.82, 2.24) is 0 Å². The van der Waals surface area contributed by atoms with E-state index < -0.39 is 6.10 Å². The van der Waals surface area contributed by atoms with Crippen molar-refractivity contribution in [2.24, 2.45) is 0 Å². The van der Waals surface area contributed by atoms with Gasteiger partial charge in [-0.1, -0.05) is 289 Å². The molecule has 0 bridgehead atoms. The van der Waals surface area contributed by atoms with Crippen molar-refractivity contribution in [2.45, 2.75) is 361 Å². The van der Waals surface area contributed by atoms with E-state index in [2.05, 4.69) is 45.1 Å². The Hall–Kier alpha value is -2.11. The molecular formula is C65H122O6. The summed E-state index contributed by atoms with van der Waals surface area (Å²) in [6, 6.07) is 0. The van der Waals surface area contributed by atoms with E-state index in [4.69, 9.17) is 14.2 Å². The number of hydrogen-bond acceptors (Lipinski definition) is 6. The molecule has 0 saturated carbocycles. The fraction of sp³-hybridized carbons (Fsp3) is 0.892. The van der Waals surface area contributed by atoms with Crippen LogP contribution in [0.4, 0.5) is 0 Å². The summed E-state index contributed by atoms with van der Waals surface area (Å²) >= 11 is 0. The second kappa shape index (κ2) is 60.4. The first-order valence-corrected chi connectivity index (χ1v) is 31.8. The highest BCUT2D eigenvalue weighted by atomic mass is 16.6. The van der Waals surface area contributed by atoms with Gasteiger partial charge in [0.1, 0.15) is 13.2 Å². The number of hydrogen-bond donors (Lipinski definition) is 0. The molecule has 0 aliphatic heterocycles. The van der Waals surface area contributed by atoms with Crippen LogP contribution in [0.1, 0.15) is 355 Å². The van der Waals surface area contributed by atoms with Crippen LogP contribution in [0.2, 0.25) is 0 Å². The minimum Gasteiger partial charge on any atom is -0.462 e. The molecular weight excluding hydrogens is 877 g/mol. The smallest absolute Gasteiger partial charge is 0.306 e. The Balaban J connectivity index is 4.31. The van der Waals surface area contributed by atoms with Crippen LogP contribution in [0.15, 0.2) is 24.3 Å². The van der Waals surface area contributed by atoms with Crippen molar-refractivity contribution >= 4 is 17.9 Å². The maximum atomic E-state index is 12.9. The highest BCUT2D eigenvalue weighted by Gasteiger charge is 2.19. The summed E-state index contributed by atoms with van der Waals surface area (Å²) in [6.45, 7) is 6.69. The number of allylic oxidation sites excluding steroid dienone is 4. The predicted octanol–water partition coefficient (Wildman–Crippen LogP) is 21.4. The zero-order chi connectivity index (χ0) is 51.4. The van der Waals surface area contributed by atoms with Gasteiger partial charge in [-0.2, -0.15) is 0 Å². The largest absolute Gasteiger partial charge is 0.462 e. The average molecular weight is 1000 g/mol. The summed E-state index contributed by atoms with van der Waals surface area (Å²) in [5.74, 6) is -0.849. The van der Waals surface area contributed by atoms with Crippen molar-refractivity contribution in [3.63, 3.8) is 0 Å². The Bertz CT molecular complexity index is 1150. The molecule has 0 heterocycles. The Morgan fingerprint density at radius 3 is 0.718 bits per heavy atom. The summed E-state index contributed by atoms with van der Waals surface area (Å²) in [6.07, 6.45) is 71.8.